The number of rotatable bonds is 2. The molecule has 0 amide bonds. The Morgan fingerprint density at radius 3 is 2.47 bits per heavy atom. The van der Waals surface area contributed by atoms with E-state index in [1.807, 2.05) is 18.2 Å². The van der Waals surface area contributed by atoms with Crippen molar-refractivity contribution in [1.29, 1.82) is 5.26 Å². The number of benzene rings is 1. The standard InChI is InChI=1S/C16H13ClN2/c17-15-10-19-6-5-14(15)9-16(11-18)7-12-3-1-2-4-13(12)8-16/h1-6,10H,7-9H2. The lowest BCUT2D eigenvalue weighted by molar-refractivity contribution is 0.418. The molecule has 0 radical (unpaired) electrons. The monoisotopic (exact) mass is 268 g/mol. The highest BCUT2D eigenvalue weighted by molar-refractivity contribution is 6.31. The molecule has 0 saturated heterocycles. The second-order valence-electron chi connectivity index (χ2n) is 5.16. The van der Waals surface area contributed by atoms with Gasteiger partial charge < -0.3 is 0 Å². The molecule has 0 spiro atoms. The van der Waals surface area contributed by atoms with Gasteiger partial charge >= 0.3 is 0 Å². The number of fused-ring (bicyclic) bond motifs is 1. The van der Waals surface area contributed by atoms with E-state index in [1.54, 1.807) is 12.4 Å². The van der Waals surface area contributed by atoms with Crippen molar-refractivity contribution in [2.24, 2.45) is 5.41 Å². The Morgan fingerprint density at radius 1 is 1.21 bits per heavy atom. The van der Waals surface area contributed by atoms with Crippen LogP contribution in [-0.2, 0) is 19.3 Å². The predicted octanol–water partition coefficient (Wildman–Crippen LogP) is 3.59. The zero-order valence-electron chi connectivity index (χ0n) is 10.4. The van der Waals surface area contributed by atoms with Crippen molar-refractivity contribution in [3.8, 4) is 6.07 Å². The molecule has 0 atom stereocenters. The van der Waals surface area contributed by atoms with Crippen LogP contribution >= 0.6 is 11.6 Å². The molecular weight excluding hydrogens is 256 g/mol. The largest absolute Gasteiger partial charge is 0.263 e. The van der Waals surface area contributed by atoms with Gasteiger partial charge in [-0.15, -0.1) is 0 Å². The van der Waals surface area contributed by atoms with Crippen molar-refractivity contribution < 1.29 is 0 Å². The number of pyridine rings is 1. The van der Waals surface area contributed by atoms with Gasteiger partial charge in [-0.2, -0.15) is 5.26 Å². The maximum Gasteiger partial charge on any atom is 0.0700 e. The van der Waals surface area contributed by atoms with Gasteiger partial charge in [-0.1, -0.05) is 35.9 Å². The van der Waals surface area contributed by atoms with E-state index >= 15 is 0 Å². The highest BCUT2D eigenvalue weighted by Gasteiger charge is 2.37. The first-order valence-corrected chi connectivity index (χ1v) is 6.67. The van der Waals surface area contributed by atoms with Crippen LogP contribution in [0, 0.1) is 16.7 Å². The third-order valence-electron chi connectivity index (χ3n) is 3.80. The molecule has 0 saturated carbocycles. The lowest BCUT2D eigenvalue weighted by Gasteiger charge is -2.20. The van der Waals surface area contributed by atoms with Gasteiger partial charge in [0.1, 0.15) is 0 Å². The maximum absolute atomic E-state index is 9.63. The summed E-state index contributed by atoms with van der Waals surface area (Å²) < 4.78 is 0. The number of hydrogen-bond acceptors (Lipinski definition) is 2. The van der Waals surface area contributed by atoms with E-state index < -0.39 is 0 Å². The lowest BCUT2D eigenvalue weighted by atomic mass is 9.80. The number of nitriles is 1. The summed E-state index contributed by atoms with van der Waals surface area (Å²) in [5, 5.41) is 10.3. The van der Waals surface area contributed by atoms with Gasteiger partial charge in [-0.3, -0.25) is 4.98 Å². The minimum Gasteiger partial charge on any atom is -0.263 e. The molecule has 0 aliphatic heterocycles. The van der Waals surface area contributed by atoms with E-state index in [1.165, 1.54) is 11.1 Å². The Kier molecular flexibility index (Phi) is 3.00. The Balaban J connectivity index is 1.92. The van der Waals surface area contributed by atoms with Crippen molar-refractivity contribution in [2.45, 2.75) is 19.3 Å². The van der Waals surface area contributed by atoms with E-state index in [0.717, 1.165) is 18.4 Å². The van der Waals surface area contributed by atoms with Gasteiger partial charge in [-0.25, -0.2) is 0 Å². The molecule has 0 bridgehead atoms. The van der Waals surface area contributed by atoms with Gasteiger partial charge in [0.2, 0.25) is 0 Å². The second kappa shape index (κ2) is 4.68. The van der Waals surface area contributed by atoms with Crippen LogP contribution in [-0.4, -0.2) is 4.98 Å². The number of nitrogens with zero attached hydrogens (tertiary/aromatic N) is 2. The molecule has 0 N–H and O–H groups in total. The fraction of sp³-hybridized carbons (Fsp3) is 0.250. The van der Waals surface area contributed by atoms with Crippen molar-refractivity contribution in [3.63, 3.8) is 0 Å². The fourth-order valence-corrected chi connectivity index (χ4v) is 3.04. The van der Waals surface area contributed by atoms with E-state index in [9.17, 15) is 5.26 Å². The first-order valence-electron chi connectivity index (χ1n) is 6.29. The summed E-state index contributed by atoms with van der Waals surface area (Å²) in [6, 6.07) is 12.7. The highest BCUT2D eigenvalue weighted by atomic mass is 35.5. The smallest absolute Gasteiger partial charge is 0.0700 e. The number of halogens is 1. The molecular formula is C16H13ClN2. The van der Waals surface area contributed by atoms with Crippen LogP contribution < -0.4 is 0 Å². The molecule has 3 rings (SSSR count). The zero-order valence-corrected chi connectivity index (χ0v) is 11.2. The molecule has 1 aromatic carbocycles. The van der Waals surface area contributed by atoms with Crippen molar-refractivity contribution in [1.82, 2.24) is 4.98 Å². The Hall–Kier alpha value is -1.85. The van der Waals surface area contributed by atoms with Crippen LogP contribution in [0.25, 0.3) is 0 Å². The quantitative estimate of drug-likeness (QED) is 0.835. The summed E-state index contributed by atoms with van der Waals surface area (Å²) in [7, 11) is 0. The van der Waals surface area contributed by atoms with E-state index in [0.29, 0.717) is 11.4 Å². The molecule has 0 unspecified atom stereocenters. The summed E-state index contributed by atoms with van der Waals surface area (Å²) in [4.78, 5) is 3.99. The molecule has 0 fully saturated rings. The van der Waals surface area contributed by atoms with Crippen LogP contribution in [0.4, 0.5) is 0 Å². The summed E-state index contributed by atoms with van der Waals surface area (Å²) in [6.45, 7) is 0. The van der Waals surface area contributed by atoms with Gasteiger partial charge in [-0.05, 0) is 42.0 Å². The van der Waals surface area contributed by atoms with E-state index in [-0.39, 0.29) is 5.41 Å². The fourth-order valence-electron chi connectivity index (χ4n) is 2.85. The summed E-state index contributed by atoms with van der Waals surface area (Å²) in [5.74, 6) is 0. The summed E-state index contributed by atoms with van der Waals surface area (Å²) in [6.07, 6.45) is 5.66. The normalized spacial score (nSPS) is 15.8. The van der Waals surface area contributed by atoms with Gasteiger partial charge in [0.15, 0.2) is 0 Å². The molecule has 1 aromatic heterocycles. The first kappa shape index (κ1) is 12.2. The topological polar surface area (TPSA) is 36.7 Å². The molecule has 2 aromatic rings. The van der Waals surface area contributed by atoms with Gasteiger partial charge in [0, 0.05) is 12.4 Å². The number of aromatic nitrogens is 1. The third kappa shape index (κ3) is 2.22. The first-order chi connectivity index (χ1) is 9.22. The Morgan fingerprint density at radius 2 is 1.89 bits per heavy atom. The SMILES string of the molecule is N#CC1(Cc2ccncc2Cl)Cc2ccccc2C1. The maximum atomic E-state index is 9.63. The average molecular weight is 269 g/mol. The average Bonchev–Trinajstić information content (AvgIpc) is 2.80. The minimum atomic E-state index is -0.366. The molecule has 2 nitrogen and oxygen atoms in total. The molecule has 94 valence electrons. The predicted molar refractivity (Wildman–Crippen MR) is 74.8 cm³/mol. The van der Waals surface area contributed by atoms with E-state index in [4.69, 9.17) is 11.6 Å². The van der Waals surface area contributed by atoms with Crippen LogP contribution in [0.3, 0.4) is 0 Å². The summed E-state index contributed by atoms with van der Waals surface area (Å²) >= 11 is 6.16. The molecule has 1 aliphatic rings. The second-order valence-corrected chi connectivity index (χ2v) is 5.57. The van der Waals surface area contributed by atoms with Crippen LogP contribution in [0.5, 0.6) is 0 Å². The molecule has 19 heavy (non-hydrogen) atoms. The van der Waals surface area contributed by atoms with Gasteiger partial charge in [0.05, 0.1) is 16.5 Å². The minimum absolute atomic E-state index is 0.366. The van der Waals surface area contributed by atoms with Crippen molar-refractivity contribution >= 4 is 11.6 Å². The molecule has 1 aliphatic carbocycles. The van der Waals surface area contributed by atoms with Crippen LogP contribution in [0.1, 0.15) is 16.7 Å². The van der Waals surface area contributed by atoms with Crippen molar-refractivity contribution in [2.75, 3.05) is 0 Å². The summed E-state index contributed by atoms with van der Waals surface area (Å²) in [5.41, 5.74) is 3.21. The molecule has 1 heterocycles. The third-order valence-corrected chi connectivity index (χ3v) is 4.14. The highest BCUT2D eigenvalue weighted by Crippen LogP contribution is 2.40. The lowest BCUT2D eigenvalue weighted by Crippen LogP contribution is -2.22. The van der Waals surface area contributed by atoms with Gasteiger partial charge in [0.25, 0.3) is 0 Å². The number of hydrogen-bond donors (Lipinski definition) is 0. The van der Waals surface area contributed by atoms with E-state index in [2.05, 4.69) is 23.2 Å². The van der Waals surface area contributed by atoms with Crippen LogP contribution in [0.15, 0.2) is 42.7 Å². The van der Waals surface area contributed by atoms with Crippen LogP contribution in [0.2, 0.25) is 5.02 Å². The van der Waals surface area contributed by atoms with Crippen molar-refractivity contribution in [3.05, 3.63) is 64.4 Å². The Bertz CT molecular complexity index is 633. The molecule has 3 heteroatoms. The Labute approximate surface area is 117 Å². The zero-order chi connectivity index (χ0) is 13.3.